The molecule has 0 aliphatic heterocycles. The Hall–Kier alpha value is -4.18. The molecule has 2 aromatic carbocycles. The van der Waals surface area contributed by atoms with Gasteiger partial charge in [-0.2, -0.15) is 5.26 Å². The number of nitro benzene ring substituents is 1. The van der Waals surface area contributed by atoms with Gasteiger partial charge < -0.3 is 9.73 Å². The van der Waals surface area contributed by atoms with Gasteiger partial charge in [-0.05, 0) is 31.2 Å². The van der Waals surface area contributed by atoms with Gasteiger partial charge in [0.2, 0.25) is 0 Å². The first kappa shape index (κ1) is 18.6. The number of amides is 1. The van der Waals surface area contributed by atoms with Crippen LogP contribution in [0.3, 0.4) is 0 Å². The summed E-state index contributed by atoms with van der Waals surface area (Å²) < 4.78 is 5.65. The second kappa shape index (κ2) is 8.01. The van der Waals surface area contributed by atoms with Crippen molar-refractivity contribution in [3.8, 4) is 17.4 Å². The summed E-state index contributed by atoms with van der Waals surface area (Å²) in [6.07, 6.45) is 1.32. The summed E-state index contributed by atoms with van der Waals surface area (Å²) in [4.78, 5) is 22.9. The van der Waals surface area contributed by atoms with E-state index in [4.69, 9.17) is 4.42 Å². The predicted molar refractivity (Wildman–Crippen MR) is 104 cm³/mol. The topological polar surface area (TPSA) is 109 Å². The fourth-order valence-corrected chi connectivity index (χ4v) is 2.56. The van der Waals surface area contributed by atoms with Crippen molar-refractivity contribution in [2.75, 3.05) is 5.32 Å². The normalized spacial score (nSPS) is 10.9. The van der Waals surface area contributed by atoms with Crippen LogP contribution < -0.4 is 5.32 Å². The lowest BCUT2D eigenvalue weighted by molar-refractivity contribution is -0.385. The largest absolute Gasteiger partial charge is 0.457 e. The zero-order valence-corrected chi connectivity index (χ0v) is 14.9. The van der Waals surface area contributed by atoms with E-state index in [0.717, 1.165) is 0 Å². The van der Waals surface area contributed by atoms with Gasteiger partial charge in [0, 0.05) is 29.0 Å². The van der Waals surface area contributed by atoms with Gasteiger partial charge in [-0.25, -0.2) is 0 Å². The highest BCUT2D eigenvalue weighted by molar-refractivity contribution is 6.09. The number of hydrogen-bond donors (Lipinski definition) is 1. The molecule has 0 aliphatic carbocycles. The molecule has 0 fully saturated rings. The number of para-hydroxylation sites is 1. The van der Waals surface area contributed by atoms with Crippen LogP contribution in [0.15, 0.2) is 70.7 Å². The average molecular weight is 373 g/mol. The highest BCUT2D eigenvalue weighted by atomic mass is 16.6. The first-order chi connectivity index (χ1) is 13.5. The Morgan fingerprint density at radius 1 is 1.18 bits per heavy atom. The van der Waals surface area contributed by atoms with Crippen LogP contribution >= 0.6 is 0 Å². The Morgan fingerprint density at radius 2 is 1.93 bits per heavy atom. The maximum Gasteiger partial charge on any atom is 0.273 e. The molecule has 3 aromatic rings. The molecule has 0 atom stereocenters. The molecular formula is C21H15N3O4. The second-order valence-corrected chi connectivity index (χ2v) is 5.95. The molecule has 0 radical (unpaired) electrons. The number of nitro groups is 1. The Bertz CT molecular complexity index is 1110. The summed E-state index contributed by atoms with van der Waals surface area (Å²) in [6, 6.07) is 18.6. The minimum absolute atomic E-state index is 0.00838. The Labute approximate surface area is 160 Å². The van der Waals surface area contributed by atoms with E-state index in [1.165, 1.54) is 12.1 Å². The molecule has 1 heterocycles. The lowest BCUT2D eigenvalue weighted by atomic mass is 10.1. The van der Waals surface area contributed by atoms with E-state index < -0.39 is 10.8 Å². The van der Waals surface area contributed by atoms with Crippen molar-refractivity contribution in [3.63, 3.8) is 0 Å². The maximum atomic E-state index is 12.3. The van der Waals surface area contributed by atoms with Gasteiger partial charge in [0.05, 0.1) is 4.92 Å². The molecule has 7 heteroatoms. The van der Waals surface area contributed by atoms with Crippen LogP contribution in [0.5, 0.6) is 0 Å². The summed E-state index contributed by atoms with van der Waals surface area (Å²) in [5, 5.41) is 23.0. The third-order valence-electron chi connectivity index (χ3n) is 4.00. The zero-order valence-electron chi connectivity index (χ0n) is 14.9. The fourth-order valence-electron chi connectivity index (χ4n) is 2.56. The number of carbonyl (C=O) groups excluding carboxylic acids is 1. The van der Waals surface area contributed by atoms with E-state index in [1.54, 1.807) is 55.5 Å². The lowest BCUT2D eigenvalue weighted by Crippen LogP contribution is -2.13. The van der Waals surface area contributed by atoms with Crippen LogP contribution in [-0.4, -0.2) is 10.8 Å². The lowest BCUT2D eigenvalue weighted by Gasteiger charge is -2.03. The molecule has 0 bridgehead atoms. The SMILES string of the molecule is Cc1ccc(-c2ccc(C=C(C#N)C(=O)Nc3ccccc3)o2)cc1[N+](=O)[O-]. The van der Waals surface area contributed by atoms with Crippen molar-refractivity contribution >= 4 is 23.4 Å². The first-order valence-electron chi connectivity index (χ1n) is 8.31. The van der Waals surface area contributed by atoms with Crippen LogP contribution in [0.4, 0.5) is 11.4 Å². The summed E-state index contributed by atoms with van der Waals surface area (Å²) in [6.45, 7) is 1.66. The van der Waals surface area contributed by atoms with Crippen molar-refractivity contribution in [2.45, 2.75) is 6.92 Å². The number of nitrogens with zero attached hydrogens (tertiary/aromatic N) is 2. The van der Waals surface area contributed by atoms with Gasteiger partial charge in [0.25, 0.3) is 11.6 Å². The van der Waals surface area contributed by atoms with Gasteiger partial charge in [-0.15, -0.1) is 0 Å². The van der Waals surface area contributed by atoms with E-state index in [-0.39, 0.29) is 17.0 Å². The number of aryl methyl sites for hydroxylation is 1. The monoisotopic (exact) mass is 373 g/mol. The molecule has 0 aliphatic rings. The van der Waals surface area contributed by atoms with Crippen molar-refractivity contribution in [2.24, 2.45) is 0 Å². The molecule has 3 rings (SSSR count). The molecule has 1 aromatic heterocycles. The van der Waals surface area contributed by atoms with Crippen LogP contribution in [-0.2, 0) is 4.79 Å². The van der Waals surface area contributed by atoms with Crippen molar-refractivity contribution < 1.29 is 14.1 Å². The van der Waals surface area contributed by atoms with Crippen LogP contribution in [0.1, 0.15) is 11.3 Å². The number of rotatable bonds is 5. The average Bonchev–Trinajstić information content (AvgIpc) is 3.15. The molecule has 0 unspecified atom stereocenters. The third-order valence-corrected chi connectivity index (χ3v) is 4.00. The minimum Gasteiger partial charge on any atom is -0.457 e. The number of carbonyl (C=O) groups is 1. The van der Waals surface area contributed by atoms with Crippen molar-refractivity contribution in [1.29, 1.82) is 5.26 Å². The standard InChI is InChI=1S/C21H15N3O4/c1-14-7-8-15(12-19(14)24(26)27)20-10-9-18(28-20)11-16(13-22)21(25)23-17-5-3-2-4-6-17/h2-12H,1H3,(H,23,25). The minimum atomic E-state index is -0.558. The summed E-state index contributed by atoms with van der Waals surface area (Å²) in [7, 11) is 0. The molecule has 1 N–H and O–H groups in total. The van der Waals surface area contributed by atoms with E-state index in [9.17, 15) is 20.2 Å². The number of nitriles is 1. The van der Waals surface area contributed by atoms with Gasteiger partial charge in [-0.3, -0.25) is 14.9 Å². The smallest absolute Gasteiger partial charge is 0.273 e. The van der Waals surface area contributed by atoms with E-state index >= 15 is 0 Å². The highest BCUT2D eigenvalue weighted by Gasteiger charge is 2.15. The van der Waals surface area contributed by atoms with Crippen LogP contribution in [0.2, 0.25) is 0 Å². The quantitative estimate of drug-likeness (QED) is 0.301. The molecule has 0 saturated heterocycles. The number of benzene rings is 2. The van der Waals surface area contributed by atoms with Crippen molar-refractivity contribution in [3.05, 3.63) is 87.7 Å². The number of nitrogens with one attached hydrogen (secondary N) is 1. The van der Waals surface area contributed by atoms with Gasteiger partial charge >= 0.3 is 0 Å². The second-order valence-electron chi connectivity index (χ2n) is 5.95. The number of furan rings is 1. The number of hydrogen-bond acceptors (Lipinski definition) is 5. The molecule has 28 heavy (non-hydrogen) atoms. The highest BCUT2D eigenvalue weighted by Crippen LogP contribution is 2.28. The summed E-state index contributed by atoms with van der Waals surface area (Å²) >= 11 is 0. The predicted octanol–water partition coefficient (Wildman–Crippen LogP) is 4.71. The maximum absolute atomic E-state index is 12.3. The molecular weight excluding hydrogens is 358 g/mol. The van der Waals surface area contributed by atoms with Crippen molar-refractivity contribution in [1.82, 2.24) is 0 Å². The van der Waals surface area contributed by atoms with E-state index in [0.29, 0.717) is 22.6 Å². The molecule has 0 saturated carbocycles. The molecule has 1 amide bonds. The molecule has 138 valence electrons. The van der Waals surface area contributed by atoms with Gasteiger partial charge in [0.15, 0.2) is 0 Å². The summed E-state index contributed by atoms with van der Waals surface area (Å²) in [5.74, 6) is 0.130. The molecule has 0 spiro atoms. The zero-order chi connectivity index (χ0) is 20.1. The summed E-state index contributed by atoms with van der Waals surface area (Å²) in [5.41, 5.74) is 1.51. The fraction of sp³-hybridized carbons (Fsp3) is 0.0476. The van der Waals surface area contributed by atoms with Gasteiger partial charge in [0.1, 0.15) is 23.2 Å². The Balaban J connectivity index is 1.84. The molecule has 7 nitrogen and oxygen atoms in total. The first-order valence-corrected chi connectivity index (χ1v) is 8.31. The van der Waals surface area contributed by atoms with E-state index in [1.807, 2.05) is 12.1 Å². The van der Waals surface area contributed by atoms with Crippen LogP contribution in [0.25, 0.3) is 17.4 Å². The van der Waals surface area contributed by atoms with E-state index in [2.05, 4.69) is 5.32 Å². The number of anilines is 1. The Morgan fingerprint density at radius 3 is 2.61 bits per heavy atom. The Kier molecular flexibility index (Phi) is 5.33. The van der Waals surface area contributed by atoms with Gasteiger partial charge in [-0.1, -0.05) is 30.3 Å². The third kappa shape index (κ3) is 4.14. The van der Waals surface area contributed by atoms with Crippen LogP contribution in [0, 0.1) is 28.4 Å².